The fraction of sp³-hybridized carbons (Fsp3) is 0.281. The Morgan fingerprint density at radius 3 is 1.77 bits per heavy atom. The molecule has 0 aliphatic heterocycles. The van der Waals surface area contributed by atoms with E-state index in [2.05, 4.69) is 57.4 Å². The van der Waals surface area contributed by atoms with E-state index >= 15 is 0 Å². The van der Waals surface area contributed by atoms with E-state index in [9.17, 15) is 9.59 Å². The average molecular weight is 540 g/mol. The summed E-state index contributed by atoms with van der Waals surface area (Å²) in [5.41, 5.74) is 2.27. The van der Waals surface area contributed by atoms with Gasteiger partial charge in [-0.3, -0.25) is 4.79 Å². The molecule has 1 aromatic heterocycles. The van der Waals surface area contributed by atoms with Crippen LogP contribution in [0.4, 0.5) is 16.3 Å². The summed E-state index contributed by atoms with van der Waals surface area (Å²) < 4.78 is 7.08. The molecule has 0 fully saturated rings. The maximum Gasteiger partial charge on any atom is 0.407 e. The number of hydrogen-bond acceptors (Lipinski definition) is 5. The molecular weight excluding hydrogens is 502 g/mol. The van der Waals surface area contributed by atoms with Crippen molar-refractivity contribution in [2.24, 2.45) is 0 Å². The van der Waals surface area contributed by atoms with Crippen LogP contribution in [-0.2, 0) is 21.6 Å². The third-order valence-corrected chi connectivity index (χ3v) is 6.36. The van der Waals surface area contributed by atoms with Gasteiger partial charge in [-0.15, -0.1) is 0 Å². The fourth-order valence-electron chi connectivity index (χ4n) is 4.61. The monoisotopic (exact) mass is 539 g/mol. The van der Waals surface area contributed by atoms with E-state index in [1.807, 2.05) is 66.2 Å². The summed E-state index contributed by atoms with van der Waals surface area (Å²) in [7, 11) is 0. The van der Waals surface area contributed by atoms with Gasteiger partial charge < -0.3 is 20.7 Å². The molecule has 3 N–H and O–H groups in total. The van der Waals surface area contributed by atoms with Gasteiger partial charge in [0.1, 0.15) is 22.6 Å². The molecule has 0 unspecified atom stereocenters. The van der Waals surface area contributed by atoms with Crippen molar-refractivity contribution in [2.75, 3.05) is 17.2 Å². The van der Waals surface area contributed by atoms with Crippen molar-refractivity contribution in [3.8, 4) is 0 Å². The second-order valence-electron chi connectivity index (χ2n) is 10.4. The van der Waals surface area contributed by atoms with Gasteiger partial charge in [0.25, 0.3) is 0 Å². The second-order valence-corrected chi connectivity index (χ2v) is 10.4. The average Bonchev–Trinajstić information content (AvgIpc) is 3.32. The molecule has 1 heterocycles. The maximum absolute atomic E-state index is 12.9. The van der Waals surface area contributed by atoms with Crippen LogP contribution in [0.5, 0.6) is 0 Å². The van der Waals surface area contributed by atoms with Gasteiger partial charge in [0, 0.05) is 19.5 Å². The standard InChI is InChI=1S/C32H37N5O3/c1-5-37-29(27(23-34-37)35-28(38)21-22-33-30(39)40-31(2,3)4)36-32(24-15-9-6-10-16-24,25-17-11-7-12-18-25)26-19-13-8-14-20-26/h6-20,23,36H,5,21-22H2,1-4H3,(H,33,39)(H,35,38). The van der Waals surface area contributed by atoms with Gasteiger partial charge >= 0.3 is 6.09 Å². The van der Waals surface area contributed by atoms with Crippen molar-refractivity contribution in [1.82, 2.24) is 15.1 Å². The van der Waals surface area contributed by atoms with Crippen LogP contribution in [-0.4, -0.2) is 33.9 Å². The van der Waals surface area contributed by atoms with Gasteiger partial charge in [-0.1, -0.05) is 91.0 Å². The molecule has 0 radical (unpaired) electrons. The zero-order valence-corrected chi connectivity index (χ0v) is 23.5. The SMILES string of the molecule is CCn1ncc(NC(=O)CCNC(=O)OC(C)(C)C)c1NC(c1ccccc1)(c1ccccc1)c1ccccc1. The summed E-state index contributed by atoms with van der Waals surface area (Å²) >= 11 is 0. The summed E-state index contributed by atoms with van der Waals surface area (Å²) in [5, 5.41) is 14.0. The normalized spacial score (nSPS) is 11.5. The second kappa shape index (κ2) is 12.5. The number of amides is 2. The number of hydrogen-bond donors (Lipinski definition) is 3. The molecule has 4 aromatic rings. The Hall–Kier alpha value is -4.59. The molecule has 0 aliphatic rings. The molecule has 0 aliphatic carbocycles. The van der Waals surface area contributed by atoms with Crippen LogP contribution >= 0.6 is 0 Å². The molecule has 0 saturated carbocycles. The number of carbonyl (C=O) groups excluding carboxylic acids is 2. The predicted octanol–water partition coefficient (Wildman–Crippen LogP) is 6.16. The molecular formula is C32H37N5O3. The van der Waals surface area contributed by atoms with Crippen LogP contribution in [0.1, 0.15) is 50.8 Å². The number of aryl methyl sites for hydroxylation is 1. The first-order chi connectivity index (χ1) is 19.2. The lowest BCUT2D eigenvalue weighted by atomic mass is 9.77. The summed E-state index contributed by atoms with van der Waals surface area (Å²) in [5.74, 6) is 0.423. The molecule has 0 saturated heterocycles. The fourth-order valence-corrected chi connectivity index (χ4v) is 4.61. The van der Waals surface area contributed by atoms with Crippen molar-refractivity contribution >= 4 is 23.5 Å². The van der Waals surface area contributed by atoms with Gasteiger partial charge in [-0.05, 0) is 44.4 Å². The van der Waals surface area contributed by atoms with E-state index in [0.717, 1.165) is 16.7 Å². The highest BCUT2D eigenvalue weighted by molar-refractivity contribution is 5.94. The van der Waals surface area contributed by atoms with Crippen LogP contribution in [0.25, 0.3) is 0 Å². The highest BCUT2D eigenvalue weighted by Crippen LogP contribution is 2.41. The molecule has 0 bridgehead atoms. The molecule has 2 amide bonds. The summed E-state index contributed by atoms with van der Waals surface area (Å²) in [6.45, 7) is 8.11. The molecule has 40 heavy (non-hydrogen) atoms. The Morgan fingerprint density at radius 2 is 1.32 bits per heavy atom. The van der Waals surface area contributed by atoms with Gasteiger partial charge in [-0.25, -0.2) is 9.48 Å². The largest absolute Gasteiger partial charge is 0.444 e. The minimum absolute atomic E-state index is 0.0805. The van der Waals surface area contributed by atoms with Crippen molar-refractivity contribution < 1.29 is 14.3 Å². The molecule has 4 rings (SSSR count). The highest BCUT2D eigenvalue weighted by Gasteiger charge is 2.38. The van der Waals surface area contributed by atoms with Crippen LogP contribution < -0.4 is 16.0 Å². The highest BCUT2D eigenvalue weighted by atomic mass is 16.6. The van der Waals surface area contributed by atoms with E-state index in [1.165, 1.54) is 0 Å². The van der Waals surface area contributed by atoms with Gasteiger partial charge in [0.05, 0.1) is 6.20 Å². The third kappa shape index (κ3) is 6.69. The number of ether oxygens (including phenoxy) is 1. The summed E-state index contributed by atoms with van der Waals surface area (Å²) in [4.78, 5) is 24.9. The smallest absolute Gasteiger partial charge is 0.407 e. The Labute approximate surface area is 235 Å². The zero-order valence-electron chi connectivity index (χ0n) is 23.5. The van der Waals surface area contributed by atoms with Crippen LogP contribution in [0.3, 0.4) is 0 Å². The number of anilines is 2. The third-order valence-electron chi connectivity index (χ3n) is 6.36. The molecule has 8 heteroatoms. The quantitative estimate of drug-likeness (QED) is 0.210. The number of nitrogens with zero attached hydrogens (tertiary/aromatic N) is 2. The number of alkyl carbamates (subject to hydrolysis) is 1. The summed E-state index contributed by atoms with van der Waals surface area (Å²) in [6, 6.07) is 30.7. The van der Waals surface area contributed by atoms with E-state index < -0.39 is 17.2 Å². The number of rotatable bonds is 10. The first-order valence-electron chi connectivity index (χ1n) is 13.5. The molecule has 208 valence electrons. The van der Waals surface area contributed by atoms with Crippen LogP contribution in [0, 0.1) is 0 Å². The van der Waals surface area contributed by atoms with E-state index in [1.54, 1.807) is 27.0 Å². The van der Waals surface area contributed by atoms with Gasteiger partial charge in [-0.2, -0.15) is 5.10 Å². The Bertz CT molecular complexity index is 1300. The Kier molecular flexibility index (Phi) is 8.89. The molecule has 0 spiro atoms. The molecule has 3 aromatic carbocycles. The van der Waals surface area contributed by atoms with Crippen molar-refractivity contribution in [2.45, 2.75) is 51.8 Å². The van der Waals surface area contributed by atoms with E-state index in [-0.39, 0.29) is 18.9 Å². The topological polar surface area (TPSA) is 97.3 Å². The van der Waals surface area contributed by atoms with Gasteiger partial charge in [0.15, 0.2) is 0 Å². The Balaban J connectivity index is 1.68. The van der Waals surface area contributed by atoms with Crippen LogP contribution in [0.2, 0.25) is 0 Å². The van der Waals surface area contributed by atoms with Crippen molar-refractivity contribution in [3.63, 3.8) is 0 Å². The first-order valence-corrected chi connectivity index (χ1v) is 13.5. The lowest BCUT2D eigenvalue weighted by molar-refractivity contribution is -0.116. The minimum atomic E-state index is -0.783. The van der Waals surface area contributed by atoms with Crippen LogP contribution in [0.15, 0.2) is 97.2 Å². The summed E-state index contributed by atoms with van der Waals surface area (Å²) in [6.07, 6.45) is 1.17. The predicted molar refractivity (Wildman–Crippen MR) is 158 cm³/mol. The molecule has 0 atom stereocenters. The maximum atomic E-state index is 12.9. The number of nitrogens with one attached hydrogen (secondary N) is 3. The molecule has 8 nitrogen and oxygen atoms in total. The first kappa shape index (κ1) is 28.4. The zero-order chi connectivity index (χ0) is 28.6. The number of aromatic nitrogens is 2. The van der Waals surface area contributed by atoms with Gasteiger partial charge in [0.2, 0.25) is 5.91 Å². The van der Waals surface area contributed by atoms with Crippen molar-refractivity contribution in [1.29, 1.82) is 0 Å². The lowest BCUT2D eigenvalue weighted by Crippen LogP contribution is -2.39. The van der Waals surface area contributed by atoms with E-state index in [4.69, 9.17) is 4.74 Å². The van der Waals surface area contributed by atoms with E-state index in [0.29, 0.717) is 18.1 Å². The minimum Gasteiger partial charge on any atom is -0.444 e. The number of carbonyl (C=O) groups is 2. The Morgan fingerprint density at radius 1 is 0.825 bits per heavy atom. The lowest BCUT2D eigenvalue weighted by Gasteiger charge is -2.38. The number of benzene rings is 3. The van der Waals surface area contributed by atoms with Crippen molar-refractivity contribution in [3.05, 3.63) is 114 Å².